The van der Waals surface area contributed by atoms with Crippen molar-refractivity contribution in [3.63, 3.8) is 0 Å². The molecule has 0 bridgehead atoms. The molecule has 0 saturated carbocycles. The molecule has 3 aromatic rings. The van der Waals surface area contributed by atoms with Crippen molar-refractivity contribution in [2.24, 2.45) is 0 Å². The van der Waals surface area contributed by atoms with Crippen LogP contribution < -0.4 is 9.46 Å². The van der Waals surface area contributed by atoms with Crippen LogP contribution in [0.2, 0.25) is 0 Å². The number of rotatable bonds is 6. The molecule has 33 heavy (non-hydrogen) atoms. The lowest BCUT2D eigenvalue weighted by molar-refractivity contribution is -0.114. The van der Waals surface area contributed by atoms with Gasteiger partial charge < -0.3 is 14.9 Å². The number of amides is 1. The molecule has 168 valence electrons. The van der Waals surface area contributed by atoms with Crippen molar-refractivity contribution < 1.29 is 24.0 Å². The molecule has 0 radical (unpaired) electrons. The van der Waals surface area contributed by atoms with Crippen molar-refractivity contribution in [3.8, 4) is 17.2 Å². The van der Waals surface area contributed by atoms with Gasteiger partial charge in [0.25, 0.3) is 5.91 Å². The quantitative estimate of drug-likeness (QED) is 0.517. The van der Waals surface area contributed by atoms with E-state index >= 15 is 0 Å². The summed E-state index contributed by atoms with van der Waals surface area (Å²) >= 11 is 0. The van der Waals surface area contributed by atoms with Gasteiger partial charge in [0.05, 0.1) is 4.91 Å². The Labute approximate surface area is 194 Å². The van der Waals surface area contributed by atoms with Crippen molar-refractivity contribution in [2.45, 2.75) is 25.2 Å². The summed E-state index contributed by atoms with van der Waals surface area (Å²) in [5.74, 6) is 1.23. The molecule has 0 spiro atoms. The first kappa shape index (κ1) is 21.4. The number of aromatic hydroxyl groups is 1. The van der Waals surface area contributed by atoms with Gasteiger partial charge in [-0.3, -0.25) is 9.52 Å². The molecule has 2 atom stereocenters. The molecule has 1 heterocycles. The number of fused-ring (bicyclic) bond motifs is 1. The Morgan fingerprint density at radius 1 is 1.09 bits per heavy atom. The second-order valence-electron chi connectivity index (χ2n) is 8.16. The molecule has 6 nitrogen and oxygen atoms in total. The molecule has 2 aliphatic rings. The number of phenolic OH excluding ortho intramolecular Hbond substituents is 1. The SMILES string of the molecule is O=C1C=C(c2ccc([C@H]3CCc4c(Oc5cccc(CCO)c5)cccc43)cc2O)S(=O)N1. The molecule has 7 heteroatoms. The van der Waals surface area contributed by atoms with E-state index in [-0.39, 0.29) is 23.2 Å². The maximum Gasteiger partial charge on any atom is 0.257 e. The Hall–Kier alpha value is -3.42. The maximum absolute atomic E-state index is 12.1. The Bertz CT molecular complexity index is 1300. The summed E-state index contributed by atoms with van der Waals surface area (Å²) in [5, 5.41) is 19.8. The van der Waals surface area contributed by atoms with Crippen LogP contribution in [-0.4, -0.2) is 26.9 Å². The number of ether oxygens (including phenoxy) is 1. The van der Waals surface area contributed by atoms with E-state index in [0.717, 1.165) is 46.6 Å². The van der Waals surface area contributed by atoms with E-state index in [2.05, 4.69) is 10.8 Å². The minimum atomic E-state index is -1.65. The third-order valence-electron chi connectivity index (χ3n) is 6.10. The molecule has 0 aromatic heterocycles. The van der Waals surface area contributed by atoms with Gasteiger partial charge in [0, 0.05) is 24.2 Å². The minimum absolute atomic E-state index is 0.00477. The zero-order valence-corrected chi connectivity index (χ0v) is 18.6. The minimum Gasteiger partial charge on any atom is -0.507 e. The van der Waals surface area contributed by atoms with Crippen molar-refractivity contribution in [1.29, 1.82) is 0 Å². The lowest BCUT2D eigenvalue weighted by Crippen LogP contribution is -2.16. The number of benzene rings is 3. The van der Waals surface area contributed by atoms with E-state index in [1.165, 1.54) is 6.08 Å². The van der Waals surface area contributed by atoms with Gasteiger partial charge in [-0.2, -0.15) is 0 Å². The lowest BCUT2D eigenvalue weighted by atomic mass is 9.92. The van der Waals surface area contributed by atoms with E-state index in [9.17, 15) is 19.2 Å². The number of carbonyl (C=O) groups excluding carboxylic acids is 1. The molecule has 1 amide bonds. The van der Waals surface area contributed by atoms with Crippen molar-refractivity contribution >= 4 is 21.8 Å². The van der Waals surface area contributed by atoms with Crippen LogP contribution in [0, 0.1) is 0 Å². The van der Waals surface area contributed by atoms with E-state index < -0.39 is 16.9 Å². The molecular formula is C26H23NO5S. The second kappa shape index (κ2) is 8.84. The molecule has 5 rings (SSSR count). The summed E-state index contributed by atoms with van der Waals surface area (Å²) in [7, 11) is -1.65. The topological polar surface area (TPSA) is 95.9 Å². The summed E-state index contributed by atoms with van der Waals surface area (Å²) in [6.07, 6.45) is 3.57. The fourth-order valence-electron chi connectivity index (χ4n) is 4.58. The van der Waals surface area contributed by atoms with Gasteiger partial charge in [-0.25, -0.2) is 4.21 Å². The second-order valence-corrected chi connectivity index (χ2v) is 9.34. The predicted molar refractivity (Wildman–Crippen MR) is 126 cm³/mol. The number of aliphatic hydroxyl groups excluding tert-OH is 1. The lowest BCUT2D eigenvalue weighted by Gasteiger charge is -2.16. The van der Waals surface area contributed by atoms with Gasteiger partial charge >= 0.3 is 0 Å². The fraction of sp³-hybridized carbons (Fsp3) is 0.192. The summed E-state index contributed by atoms with van der Waals surface area (Å²) in [4.78, 5) is 11.8. The highest BCUT2D eigenvalue weighted by Gasteiger charge is 2.29. The highest BCUT2D eigenvalue weighted by molar-refractivity contribution is 7.94. The van der Waals surface area contributed by atoms with Crippen LogP contribution in [0.15, 0.2) is 66.7 Å². The Balaban J connectivity index is 1.42. The number of nitrogens with one attached hydrogen (secondary N) is 1. The predicted octanol–water partition coefficient (Wildman–Crippen LogP) is 3.93. The number of carbonyl (C=O) groups is 1. The first-order chi connectivity index (χ1) is 16.0. The largest absolute Gasteiger partial charge is 0.507 e. The van der Waals surface area contributed by atoms with Crippen LogP contribution in [-0.2, 0) is 28.6 Å². The van der Waals surface area contributed by atoms with Crippen LogP contribution in [0.3, 0.4) is 0 Å². The third-order valence-corrected chi connectivity index (χ3v) is 7.22. The zero-order valence-electron chi connectivity index (χ0n) is 17.8. The van der Waals surface area contributed by atoms with Gasteiger partial charge in [0.1, 0.15) is 17.2 Å². The summed E-state index contributed by atoms with van der Waals surface area (Å²) in [5.41, 5.74) is 4.68. The molecule has 1 unspecified atom stereocenters. The smallest absolute Gasteiger partial charge is 0.257 e. The highest BCUT2D eigenvalue weighted by atomic mass is 32.2. The molecule has 0 fully saturated rings. The van der Waals surface area contributed by atoms with Crippen molar-refractivity contribution in [1.82, 2.24) is 4.72 Å². The van der Waals surface area contributed by atoms with E-state index in [1.807, 2.05) is 42.5 Å². The van der Waals surface area contributed by atoms with Gasteiger partial charge in [-0.15, -0.1) is 0 Å². The van der Waals surface area contributed by atoms with Crippen molar-refractivity contribution in [2.75, 3.05) is 6.61 Å². The maximum atomic E-state index is 12.1. The normalized spacial score (nSPS) is 19.2. The van der Waals surface area contributed by atoms with E-state index in [1.54, 1.807) is 12.1 Å². The fourth-order valence-corrected chi connectivity index (χ4v) is 5.52. The Kier molecular flexibility index (Phi) is 5.74. The highest BCUT2D eigenvalue weighted by Crippen LogP contribution is 2.44. The monoisotopic (exact) mass is 461 g/mol. The van der Waals surface area contributed by atoms with Crippen LogP contribution in [0.5, 0.6) is 17.2 Å². The van der Waals surface area contributed by atoms with Gasteiger partial charge in [0.2, 0.25) is 0 Å². The number of hydrogen-bond donors (Lipinski definition) is 3. The van der Waals surface area contributed by atoms with E-state index in [0.29, 0.717) is 12.0 Å². The number of hydrogen-bond acceptors (Lipinski definition) is 5. The van der Waals surface area contributed by atoms with Gasteiger partial charge in [-0.1, -0.05) is 30.3 Å². The zero-order chi connectivity index (χ0) is 22.9. The Morgan fingerprint density at radius 2 is 1.94 bits per heavy atom. The molecule has 1 aliphatic heterocycles. The van der Waals surface area contributed by atoms with Crippen LogP contribution in [0.4, 0.5) is 0 Å². The average molecular weight is 462 g/mol. The molecule has 3 aromatic carbocycles. The number of aliphatic hydroxyl groups is 1. The molecular weight excluding hydrogens is 438 g/mol. The first-order valence-electron chi connectivity index (χ1n) is 10.8. The van der Waals surface area contributed by atoms with Crippen LogP contribution in [0.1, 0.15) is 40.2 Å². The first-order valence-corrected chi connectivity index (χ1v) is 12.0. The molecule has 0 saturated heterocycles. The Morgan fingerprint density at radius 3 is 2.70 bits per heavy atom. The summed E-state index contributed by atoms with van der Waals surface area (Å²) in [6, 6.07) is 19.1. The molecule has 3 N–H and O–H groups in total. The van der Waals surface area contributed by atoms with Gasteiger partial charge in [0.15, 0.2) is 11.0 Å². The van der Waals surface area contributed by atoms with Crippen LogP contribution in [0.25, 0.3) is 4.91 Å². The van der Waals surface area contributed by atoms with Crippen LogP contribution >= 0.6 is 0 Å². The number of phenols is 1. The molecule has 1 aliphatic carbocycles. The van der Waals surface area contributed by atoms with Crippen molar-refractivity contribution in [3.05, 3.63) is 94.6 Å². The summed E-state index contributed by atoms with van der Waals surface area (Å²) in [6.45, 7) is 0.0948. The average Bonchev–Trinajstić information content (AvgIpc) is 3.37. The standard InChI is InChI=1S/C26H23NO5S/c28-12-11-16-3-1-4-18(13-16)32-24-6-2-5-20-19(9-10-21(20)24)17-7-8-22(23(29)14-17)25-15-26(30)27-33(25)31/h1-8,13-15,19,28-29H,9-12H2,(H,27,30)/t19-,33?/m1/s1. The van der Waals surface area contributed by atoms with Gasteiger partial charge in [-0.05, 0) is 71.8 Å². The summed E-state index contributed by atoms with van der Waals surface area (Å²) < 4.78 is 20.6. The van der Waals surface area contributed by atoms with E-state index in [4.69, 9.17) is 4.74 Å². The third kappa shape index (κ3) is 4.17.